The van der Waals surface area contributed by atoms with Crippen molar-refractivity contribution in [2.45, 2.75) is 70.8 Å². The lowest BCUT2D eigenvalue weighted by Crippen LogP contribution is -2.45. The summed E-state index contributed by atoms with van der Waals surface area (Å²) in [6.07, 6.45) is 9.19. The third-order valence-electron chi connectivity index (χ3n) is 5.63. The van der Waals surface area contributed by atoms with E-state index in [0.29, 0.717) is 11.7 Å². The molecule has 0 bridgehead atoms. The molecule has 2 nitrogen and oxygen atoms in total. The van der Waals surface area contributed by atoms with Crippen LogP contribution in [0, 0.1) is 5.92 Å². The predicted octanol–water partition coefficient (Wildman–Crippen LogP) is 6.11. The number of hydrogen-bond donors (Lipinski definition) is 1. The number of phenolic OH excluding ortho intramolecular Hbond substituents is 1. The first-order chi connectivity index (χ1) is 11.4. The highest BCUT2D eigenvalue weighted by molar-refractivity contribution is 9.09. The van der Waals surface area contributed by atoms with E-state index in [-0.39, 0.29) is 11.5 Å². The van der Waals surface area contributed by atoms with Crippen molar-refractivity contribution in [1.29, 1.82) is 0 Å². The molecule has 0 saturated heterocycles. The highest BCUT2D eigenvalue weighted by Gasteiger charge is 2.45. The fourth-order valence-corrected chi connectivity index (χ4v) is 4.72. The monoisotopic (exact) mass is 392 g/mol. The number of hydrogen-bond acceptors (Lipinski definition) is 2. The molecule has 0 spiro atoms. The Morgan fingerprint density at radius 3 is 2.79 bits per heavy atom. The van der Waals surface area contributed by atoms with Crippen LogP contribution in [0.15, 0.2) is 23.8 Å². The topological polar surface area (TPSA) is 29.5 Å². The number of allylic oxidation sites excluding steroid dienone is 2. The smallest absolute Gasteiger partial charge is 0.127 e. The molecule has 1 aliphatic heterocycles. The molecule has 2 aliphatic rings. The number of aryl methyl sites for hydroxylation is 1. The van der Waals surface area contributed by atoms with E-state index in [1.807, 2.05) is 6.07 Å². The minimum atomic E-state index is -0.185. The second-order valence-corrected chi connectivity index (χ2v) is 8.71. The normalized spacial score (nSPS) is 24.6. The number of benzene rings is 1. The quantitative estimate of drug-likeness (QED) is 0.372. The maximum Gasteiger partial charge on any atom is 0.127 e. The minimum absolute atomic E-state index is 0.185. The number of rotatable bonds is 5. The van der Waals surface area contributed by atoms with Crippen LogP contribution in [0.3, 0.4) is 0 Å². The number of halogens is 1. The van der Waals surface area contributed by atoms with E-state index in [4.69, 9.17) is 4.74 Å². The summed E-state index contributed by atoms with van der Waals surface area (Å²) in [5.41, 5.74) is 3.43. The van der Waals surface area contributed by atoms with Gasteiger partial charge in [-0.1, -0.05) is 34.0 Å². The highest BCUT2D eigenvalue weighted by atomic mass is 79.9. The maximum atomic E-state index is 10.7. The molecule has 0 fully saturated rings. The summed E-state index contributed by atoms with van der Waals surface area (Å²) in [5.74, 6) is 2.02. The first-order valence-electron chi connectivity index (χ1n) is 9.20. The molecule has 0 radical (unpaired) electrons. The van der Waals surface area contributed by atoms with Gasteiger partial charge in [-0.15, -0.1) is 0 Å². The van der Waals surface area contributed by atoms with Crippen molar-refractivity contribution in [1.82, 2.24) is 0 Å². The lowest BCUT2D eigenvalue weighted by molar-refractivity contribution is 0.0107. The molecule has 2 atom stereocenters. The Labute approximate surface area is 154 Å². The van der Waals surface area contributed by atoms with E-state index >= 15 is 0 Å². The standard InChI is InChI=1S/C21H29BrO2/c1-14-8-9-17-16(11-14)20-18(23)12-15(7-5-4-6-10-22)13-19(20)24-21(17,2)3/h11-13,16-17,23H,4-10H2,1-3H3/t16-,17-/m1/s1. The van der Waals surface area contributed by atoms with Crippen LogP contribution in [0.1, 0.15) is 69.9 Å². The number of alkyl halides is 1. The van der Waals surface area contributed by atoms with Gasteiger partial charge in [0.05, 0.1) is 0 Å². The molecule has 3 heteroatoms. The van der Waals surface area contributed by atoms with E-state index in [0.717, 1.165) is 42.3 Å². The Morgan fingerprint density at radius 2 is 2.04 bits per heavy atom. The molecule has 0 saturated carbocycles. The zero-order chi connectivity index (χ0) is 17.3. The van der Waals surface area contributed by atoms with Crippen molar-refractivity contribution in [3.8, 4) is 11.5 Å². The van der Waals surface area contributed by atoms with Gasteiger partial charge in [-0.05, 0) is 70.6 Å². The summed E-state index contributed by atoms with van der Waals surface area (Å²) < 4.78 is 6.38. The average molecular weight is 393 g/mol. The Bertz CT molecular complexity index is 633. The second-order valence-electron chi connectivity index (χ2n) is 7.92. The number of fused-ring (bicyclic) bond motifs is 3. The Hall–Kier alpha value is -0.960. The molecule has 132 valence electrons. The first-order valence-corrected chi connectivity index (χ1v) is 10.3. The van der Waals surface area contributed by atoms with Gasteiger partial charge >= 0.3 is 0 Å². The van der Waals surface area contributed by atoms with E-state index < -0.39 is 0 Å². The molecule has 0 amide bonds. The molecule has 1 aliphatic carbocycles. The van der Waals surface area contributed by atoms with Gasteiger partial charge in [0.1, 0.15) is 17.1 Å². The van der Waals surface area contributed by atoms with Crippen LogP contribution in [0.4, 0.5) is 0 Å². The van der Waals surface area contributed by atoms with Gasteiger partial charge in [0.2, 0.25) is 0 Å². The molecule has 1 aromatic carbocycles. The Balaban J connectivity index is 1.91. The minimum Gasteiger partial charge on any atom is -0.507 e. The number of aromatic hydroxyl groups is 1. The second kappa shape index (κ2) is 7.11. The van der Waals surface area contributed by atoms with Crippen molar-refractivity contribution in [3.63, 3.8) is 0 Å². The van der Waals surface area contributed by atoms with Gasteiger partial charge in [-0.25, -0.2) is 0 Å². The summed E-state index contributed by atoms with van der Waals surface area (Å²) in [6.45, 7) is 6.59. The molecule has 1 heterocycles. The van der Waals surface area contributed by atoms with E-state index in [9.17, 15) is 5.11 Å². The third-order valence-corrected chi connectivity index (χ3v) is 6.19. The number of ether oxygens (including phenoxy) is 1. The maximum absolute atomic E-state index is 10.7. The first kappa shape index (κ1) is 17.8. The van der Waals surface area contributed by atoms with E-state index in [1.54, 1.807) is 0 Å². The fourth-order valence-electron chi connectivity index (χ4n) is 4.32. The third kappa shape index (κ3) is 3.51. The zero-order valence-electron chi connectivity index (χ0n) is 15.1. The lowest BCUT2D eigenvalue weighted by atomic mass is 9.68. The molecule has 1 N–H and O–H groups in total. The number of phenols is 1. The summed E-state index contributed by atoms with van der Waals surface area (Å²) in [7, 11) is 0. The zero-order valence-corrected chi connectivity index (χ0v) is 16.7. The average Bonchev–Trinajstić information content (AvgIpc) is 2.50. The van der Waals surface area contributed by atoms with Crippen molar-refractivity contribution in [3.05, 3.63) is 34.9 Å². The van der Waals surface area contributed by atoms with Crippen LogP contribution >= 0.6 is 15.9 Å². The van der Waals surface area contributed by atoms with Crippen LogP contribution < -0.4 is 4.74 Å². The van der Waals surface area contributed by atoms with Crippen LogP contribution in [-0.2, 0) is 6.42 Å². The van der Waals surface area contributed by atoms with Crippen molar-refractivity contribution >= 4 is 15.9 Å². The van der Waals surface area contributed by atoms with Crippen LogP contribution in [0.5, 0.6) is 11.5 Å². The SMILES string of the molecule is CC1=C[C@H]2c3c(O)cc(CCCCCBr)cc3OC(C)(C)[C@@H]2CC1. The summed E-state index contributed by atoms with van der Waals surface area (Å²) in [4.78, 5) is 0. The highest BCUT2D eigenvalue weighted by Crippen LogP contribution is 2.53. The van der Waals surface area contributed by atoms with Crippen LogP contribution in [0.2, 0.25) is 0 Å². The van der Waals surface area contributed by atoms with Gasteiger partial charge in [0, 0.05) is 22.7 Å². The van der Waals surface area contributed by atoms with Gasteiger partial charge in [0.25, 0.3) is 0 Å². The molecule has 0 unspecified atom stereocenters. The van der Waals surface area contributed by atoms with Crippen molar-refractivity contribution in [2.24, 2.45) is 5.92 Å². The van der Waals surface area contributed by atoms with Gasteiger partial charge < -0.3 is 9.84 Å². The molecule has 3 rings (SSSR count). The Kier molecular flexibility index (Phi) is 5.29. The van der Waals surface area contributed by atoms with Crippen molar-refractivity contribution < 1.29 is 9.84 Å². The van der Waals surface area contributed by atoms with E-state index in [2.05, 4.69) is 48.8 Å². The van der Waals surface area contributed by atoms with Crippen LogP contribution in [-0.4, -0.2) is 16.0 Å². The van der Waals surface area contributed by atoms with Crippen LogP contribution in [0.25, 0.3) is 0 Å². The molecule has 0 aromatic heterocycles. The summed E-state index contributed by atoms with van der Waals surface area (Å²) in [5, 5.41) is 11.8. The van der Waals surface area contributed by atoms with Crippen molar-refractivity contribution in [2.75, 3.05) is 5.33 Å². The van der Waals surface area contributed by atoms with E-state index in [1.165, 1.54) is 24.0 Å². The molecule has 24 heavy (non-hydrogen) atoms. The van der Waals surface area contributed by atoms with Gasteiger partial charge in [-0.2, -0.15) is 0 Å². The Morgan fingerprint density at radius 1 is 1.25 bits per heavy atom. The van der Waals surface area contributed by atoms with Gasteiger partial charge in [0.15, 0.2) is 0 Å². The number of unbranched alkanes of at least 4 members (excludes halogenated alkanes) is 2. The molecule has 1 aromatic rings. The lowest BCUT2D eigenvalue weighted by Gasteiger charge is -2.46. The summed E-state index contributed by atoms with van der Waals surface area (Å²) in [6, 6.07) is 4.13. The van der Waals surface area contributed by atoms with Gasteiger partial charge in [-0.3, -0.25) is 0 Å². The molecular formula is C21H29BrO2. The molecular weight excluding hydrogens is 364 g/mol. The fraction of sp³-hybridized carbons (Fsp3) is 0.619. The predicted molar refractivity (Wildman–Crippen MR) is 103 cm³/mol. The largest absolute Gasteiger partial charge is 0.507 e. The summed E-state index contributed by atoms with van der Waals surface area (Å²) >= 11 is 3.48.